The van der Waals surface area contributed by atoms with Crippen LogP contribution in [0.4, 0.5) is 0 Å². The van der Waals surface area contributed by atoms with E-state index in [-0.39, 0.29) is 0 Å². The third-order valence-corrected chi connectivity index (χ3v) is 14.8. The molecule has 157 valence electrons. The normalized spacial score (nSPS) is 15.0. The van der Waals surface area contributed by atoms with Gasteiger partial charge in [0.05, 0.1) is 0 Å². The average molecular weight is 501 g/mol. The summed E-state index contributed by atoms with van der Waals surface area (Å²) in [5.41, 5.74) is 7.28. The second-order valence-corrected chi connectivity index (χ2v) is 15.0. The number of fused-ring (bicyclic) bond motifs is 2. The zero-order valence-corrected chi connectivity index (χ0v) is 21.2. The molecule has 0 spiro atoms. The average Bonchev–Trinajstić information content (AvgIpc) is 3.17. The molecule has 5 aromatic carbocycles. The van der Waals surface area contributed by atoms with Crippen molar-refractivity contribution in [2.75, 3.05) is 0 Å². The molecular weight excluding hydrogens is 476 g/mol. The van der Waals surface area contributed by atoms with Crippen LogP contribution in [0.1, 0.15) is 27.2 Å². The summed E-state index contributed by atoms with van der Waals surface area (Å²) in [7, 11) is 0. The van der Waals surface area contributed by atoms with E-state index >= 15 is 0 Å². The Labute approximate surface area is 203 Å². The van der Waals surface area contributed by atoms with E-state index in [1.54, 1.807) is 6.54 Å². The maximum atomic E-state index is 2.40. The fraction of sp³-hybridized carbons (Fsp3) is 0.0625. The fourth-order valence-corrected chi connectivity index (χ4v) is 13.4. The van der Waals surface area contributed by atoms with Gasteiger partial charge in [0.1, 0.15) is 0 Å². The molecule has 0 N–H and O–H groups in total. The van der Waals surface area contributed by atoms with Crippen molar-refractivity contribution >= 4 is 22.9 Å². The van der Waals surface area contributed by atoms with Gasteiger partial charge in [0.15, 0.2) is 0 Å². The molecule has 0 aromatic heterocycles. The van der Waals surface area contributed by atoms with E-state index in [0.29, 0.717) is 3.63 Å². The van der Waals surface area contributed by atoms with Gasteiger partial charge in [-0.25, -0.2) is 0 Å². The first-order valence-electron chi connectivity index (χ1n) is 11.6. The van der Waals surface area contributed by atoms with Crippen LogP contribution in [0.3, 0.4) is 0 Å². The van der Waals surface area contributed by atoms with Crippen molar-refractivity contribution in [1.82, 2.24) is 0 Å². The number of hydrogen-bond acceptors (Lipinski definition) is 0. The minimum atomic E-state index is -2.35. The Bertz CT molecular complexity index is 1420. The molecule has 0 heterocycles. The molecule has 0 saturated carbocycles. The summed E-state index contributed by atoms with van der Waals surface area (Å²) < 4.78 is 3.61. The molecule has 0 aliphatic heterocycles. The molecule has 0 nitrogen and oxygen atoms in total. The van der Waals surface area contributed by atoms with Gasteiger partial charge in [-0.3, -0.25) is 0 Å². The van der Waals surface area contributed by atoms with Gasteiger partial charge in [-0.2, -0.15) is 0 Å². The van der Waals surface area contributed by atoms with E-state index < -0.39 is 21.8 Å². The molecular formula is C32H25Zr. The van der Waals surface area contributed by atoms with Crippen LogP contribution in [-0.2, 0) is 21.8 Å². The van der Waals surface area contributed by atoms with Crippen LogP contribution in [0.15, 0.2) is 133 Å². The summed E-state index contributed by atoms with van der Waals surface area (Å²) >= 11 is -2.35. The van der Waals surface area contributed by atoms with E-state index in [0.717, 1.165) is 0 Å². The van der Waals surface area contributed by atoms with Crippen LogP contribution in [0.2, 0.25) is 0 Å². The zero-order valence-electron chi connectivity index (χ0n) is 18.7. The second-order valence-electron chi connectivity index (χ2n) is 8.75. The molecule has 6 rings (SSSR count). The van der Waals surface area contributed by atoms with Gasteiger partial charge in [-0.1, -0.05) is 0 Å². The first-order chi connectivity index (χ1) is 16.3. The number of allylic oxidation sites excluding steroid dienone is 1. The molecule has 0 bridgehead atoms. The first-order valence-corrected chi connectivity index (χ1v) is 15.5. The molecule has 0 saturated heterocycles. The molecule has 1 heteroatoms. The summed E-state index contributed by atoms with van der Waals surface area (Å²) in [6.07, 6.45) is 0. The molecule has 0 amide bonds. The number of hydrogen-bond donors (Lipinski definition) is 0. The van der Waals surface area contributed by atoms with Gasteiger partial charge in [0.2, 0.25) is 0 Å². The molecule has 33 heavy (non-hydrogen) atoms. The van der Waals surface area contributed by atoms with Crippen molar-refractivity contribution in [2.45, 2.75) is 10.5 Å². The van der Waals surface area contributed by atoms with Gasteiger partial charge in [0, 0.05) is 0 Å². The predicted octanol–water partition coefficient (Wildman–Crippen LogP) is 6.99. The molecule has 0 fully saturated rings. The Balaban J connectivity index is 1.63. The van der Waals surface area contributed by atoms with Gasteiger partial charge in [-0.05, 0) is 0 Å². The molecule has 1 aliphatic carbocycles. The van der Waals surface area contributed by atoms with E-state index in [1.807, 2.05) is 0 Å². The fourth-order valence-electron chi connectivity index (χ4n) is 5.47. The van der Waals surface area contributed by atoms with E-state index in [4.69, 9.17) is 0 Å². The SMILES string of the molecule is CC1=C(c2cccc3ccccc23)c2ccccc2[CH]1[Zr]([c]1ccccc1)[c]1ccccc1. The standard InChI is InChI=1S/C20H15.2C6H5.Zr/c1-14-13-16-8-3-5-11-18(16)20(14)19-12-6-9-15-7-2-4-10-17(15)19;2*1-2-4-6-5-3-1;/h2-13H,1H3;2*1-5H;. The van der Waals surface area contributed by atoms with Crippen LogP contribution in [-0.4, -0.2) is 0 Å². The Morgan fingerprint density at radius 2 is 1.06 bits per heavy atom. The second kappa shape index (κ2) is 8.73. The summed E-state index contributed by atoms with van der Waals surface area (Å²) in [4.78, 5) is 0. The monoisotopic (exact) mass is 499 g/mol. The predicted molar refractivity (Wildman–Crippen MR) is 137 cm³/mol. The number of rotatable bonds is 4. The van der Waals surface area contributed by atoms with Gasteiger partial charge < -0.3 is 0 Å². The molecule has 1 unspecified atom stereocenters. The molecule has 5 aromatic rings. The molecule has 0 radical (unpaired) electrons. The van der Waals surface area contributed by atoms with Crippen molar-refractivity contribution < 1.29 is 21.8 Å². The van der Waals surface area contributed by atoms with Crippen molar-refractivity contribution in [3.8, 4) is 0 Å². The summed E-state index contributed by atoms with van der Waals surface area (Å²) in [5.74, 6) is 0. The van der Waals surface area contributed by atoms with Crippen molar-refractivity contribution in [2.24, 2.45) is 0 Å². The van der Waals surface area contributed by atoms with E-state index in [9.17, 15) is 0 Å². The molecule has 1 aliphatic rings. The first kappa shape index (κ1) is 20.6. The maximum absolute atomic E-state index is 2.40. The third kappa shape index (κ3) is 3.56. The zero-order chi connectivity index (χ0) is 22.2. The van der Waals surface area contributed by atoms with Crippen LogP contribution in [0.25, 0.3) is 16.3 Å². The van der Waals surface area contributed by atoms with Gasteiger partial charge >= 0.3 is 205 Å². The summed E-state index contributed by atoms with van der Waals surface area (Å²) in [6, 6.07) is 47.3. The topological polar surface area (TPSA) is 0 Å². The summed E-state index contributed by atoms with van der Waals surface area (Å²) in [5, 5.41) is 2.65. The van der Waals surface area contributed by atoms with Gasteiger partial charge in [-0.15, -0.1) is 0 Å². The third-order valence-electron chi connectivity index (χ3n) is 6.89. The number of benzene rings is 5. The Hall–Kier alpha value is -3.02. The summed E-state index contributed by atoms with van der Waals surface area (Å²) in [6.45, 7) is 2.40. The van der Waals surface area contributed by atoms with Crippen molar-refractivity contribution in [3.63, 3.8) is 0 Å². The quantitative estimate of drug-likeness (QED) is 0.250. The van der Waals surface area contributed by atoms with Crippen LogP contribution in [0, 0.1) is 0 Å². The molecule has 1 atom stereocenters. The van der Waals surface area contributed by atoms with Crippen molar-refractivity contribution in [1.29, 1.82) is 0 Å². The van der Waals surface area contributed by atoms with Crippen LogP contribution >= 0.6 is 0 Å². The Kier molecular flexibility index (Phi) is 5.45. The Morgan fingerprint density at radius 1 is 0.515 bits per heavy atom. The van der Waals surface area contributed by atoms with E-state index in [2.05, 4.69) is 134 Å². The van der Waals surface area contributed by atoms with Crippen LogP contribution in [0.5, 0.6) is 0 Å². The Morgan fingerprint density at radius 3 is 1.79 bits per heavy atom. The van der Waals surface area contributed by atoms with E-state index in [1.165, 1.54) is 38.6 Å². The van der Waals surface area contributed by atoms with Crippen molar-refractivity contribution in [3.05, 3.63) is 150 Å². The van der Waals surface area contributed by atoms with Gasteiger partial charge in [0.25, 0.3) is 0 Å². The van der Waals surface area contributed by atoms with Crippen LogP contribution < -0.4 is 6.54 Å². The minimum absolute atomic E-state index is 0.488.